The maximum absolute atomic E-state index is 11.3. The van der Waals surface area contributed by atoms with Crippen LogP contribution in [0.25, 0.3) is 0 Å². The molecule has 1 aliphatic rings. The van der Waals surface area contributed by atoms with Gasteiger partial charge >= 0.3 is 5.97 Å². The van der Waals surface area contributed by atoms with Gasteiger partial charge in [0.2, 0.25) is 0 Å². The average molecular weight is 184 g/mol. The lowest BCUT2D eigenvalue weighted by Crippen LogP contribution is -2.23. The molecule has 1 unspecified atom stereocenters. The molecule has 1 heterocycles. The van der Waals surface area contributed by atoms with Gasteiger partial charge in [0.05, 0.1) is 5.92 Å². The summed E-state index contributed by atoms with van der Waals surface area (Å²) < 4.78 is 4.97. The Morgan fingerprint density at radius 3 is 2.62 bits per heavy atom. The Balaban J connectivity index is 2.71. The summed E-state index contributed by atoms with van der Waals surface area (Å²) in [6.45, 7) is 7.72. The lowest BCUT2D eigenvalue weighted by Gasteiger charge is -2.21. The first kappa shape index (κ1) is 10.3. The smallest absolute Gasteiger partial charge is 0.315 e. The zero-order valence-corrected chi connectivity index (χ0v) is 8.17. The molecule has 0 aromatic rings. The van der Waals surface area contributed by atoms with Crippen molar-refractivity contribution in [2.75, 3.05) is 6.61 Å². The highest BCUT2D eigenvalue weighted by atomic mass is 16.5. The van der Waals surface area contributed by atoms with Crippen molar-refractivity contribution < 1.29 is 14.6 Å². The van der Waals surface area contributed by atoms with Crippen molar-refractivity contribution in [3.8, 4) is 0 Å². The van der Waals surface area contributed by atoms with Crippen molar-refractivity contribution in [3.05, 3.63) is 12.3 Å². The third-order valence-electron chi connectivity index (χ3n) is 2.75. The van der Waals surface area contributed by atoms with E-state index in [2.05, 4.69) is 6.58 Å². The first-order valence-electron chi connectivity index (χ1n) is 4.52. The van der Waals surface area contributed by atoms with Crippen LogP contribution in [-0.4, -0.2) is 17.7 Å². The Labute approximate surface area is 78.4 Å². The third kappa shape index (κ3) is 1.75. The number of allylic oxidation sites excluding steroid dienone is 1. The number of carbonyl (C=O) groups excluding carboxylic acids is 1. The molecule has 1 aliphatic heterocycles. The van der Waals surface area contributed by atoms with E-state index in [1.807, 2.05) is 13.8 Å². The maximum Gasteiger partial charge on any atom is 0.315 e. The van der Waals surface area contributed by atoms with E-state index in [9.17, 15) is 4.79 Å². The van der Waals surface area contributed by atoms with Crippen LogP contribution in [0.4, 0.5) is 0 Å². The lowest BCUT2D eigenvalue weighted by molar-refractivity contribution is -0.139. The van der Waals surface area contributed by atoms with E-state index in [1.54, 1.807) is 0 Å². The van der Waals surface area contributed by atoms with Crippen LogP contribution in [0.5, 0.6) is 0 Å². The monoisotopic (exact) mass is 184 g/mol. The molecule has 1 rings (SSSR count). The predicted molar refractivity (Wildman–Crippen MR) is 48.8 cm³/mol. The second kappa shape index (κ2) is 3.50. The minimum atomic E-state index is -0.285. The minimum Gasteiger partial charge on any atom is -0.431 e. The van der Waals surface area contributed by atoms with E-state index in [0.29, 0.717) is 18.6 Å². The minimum absolute atomic E-state index is 0.117. The topological polar surface area (TPSA) is 46.5 Å². The summed E-state index contributed by atoms with van der Waals surface area (Å²) in [6.07, 6.45) is 1.30. The molecule has 0 bridgehead atoms. The van der Waals surface area contributed by atoms with Crippen LogP contribution < -0.4 is 0 Å². The summed E-state index contributed by atoms with van der Waals surface area (Å²) in [4.78, 5) is 11.3. The van der Waals surface area contributed by atoms with Crippen LogP contribution in [0, 0.1) is 11.3 Å². The normalized spacial score (nSPS) is 26.2. The van der Waals surface area contributed by atoms with Gasteiger partial charge in [-0.3, -0.25) is 4.79 Å². The molecule has 1 saturated heterocycles. The zero-order chi connectivity index (χ0) is 10.1. The second-order valence-corrected chi connectivity index (χ2v) is 3.98. The SMILES string of the molecule is C=C1OC(=O)C(CCCO)C1(C)C. The Morgan fingerprint density at radius 1 is 1.62 bits per heavy atom. The van der Waals surface area contributed by atoms with Gasteiger partial charge in [0, 0.05) is 12.0 Å². The largest absolute Gasteiger partial charge is 0.431 e. The molecule has 0 spiro atoms. The molecule has 1 N–H and O–H groups in total. The van der Waals surface area contributed by atoms with Crippen molar-refractivity contribution in [2.45, 2.75) is 26.7 Å². The summed E-state index contributed by atoms with van der Waals surface area (Å²) in [5, 5.41) is 8.67. The number of hydrogen-bond donors (Lipinski definition) is 1. The van der Waals surface area contributed by atoms with E-state index >= 15 is 0 Å². The van der Waals surface area contributed by atoms with Gasteiger partial charge in [-0.25, -0.2) is 0 Å². The van der Waals surface area contributed by atoms with Gasteiger partial charge in [0.1, 0.15) is 5.76 Å². The lowest BCUT2D eigenvalue weighted by atomic mass is 9.77. The maximum atomic E-state index is 11.3. The second-order valence-electron chi connectivity index (χ2n) is 3.98. The molecule has 13 heavy (non-hydrogen) atoms. The summed E-state index contributed by atoms with van der Waals surface area (Å²) in [5.74, 6) is 0.191. The first-order chi connectivity index (χ1) is 6.00. The molecular weight excluding hydrogens is 168 g/mol. The van der Waals surface area contributed by atoms with Gasteiger partial charge in [-0.15, -0.1) is 0 Å². The van der Waals surface area contributed by atoms with Crippen molar-refractivity contribution in [1.29, 1.82) is 0 Å². The number of carbonyl (C=O) groups is 1. The molecule has 74 valence electrons. The van der Waals surface area contributed by atoms with Gasteiger partial charge in [0.25, 0.3) is 0 Å². The Kier molecular flexibility index (Phi) is 2.76. The van der Waals surface area contributed by atoms with Crippen LogP contribution in [0.1, 0.15) is 26.7 Å². The standard InChI is InChI=1S/C10H16O3/c1-7-10(2,3)8(5-4-6-11)9(12)13-7/h8,11H,1,4-6H2,2-3H3. The van der Waals surface area contributed by atoms with Crippen LogP contribution in [0.3, 0.4) is 0 Å². The number of aliphatic hydroxyl groups is 1. The molecule has 0 saturated carbocycles. The van der Waals surface area contributed by atoms with Crippen LogP contribution in [-0.2, 0) is 9.53 Å². The fraction of sp³-hybridized carbons (Fsp3) is 0.700. The van der Waals surface area contributed by atoms with E-state index in [4.69, 9.17) is 9.84 Å². The van der Waals surface area contributed by atoms with E-state index in [-0.39, 0.29) is 23.9 Å². The molecule has 3 heteroatoms. The number of ether oxygens (including phenoxy) is 1. The summed E-state index contributed by atoms with van der Waals surface area (Å²) >= 11 is 0. The number of cyclic esters (lactones) is 1. The number of esters is 1. The van der Waals surface area contributed by atoms with Crippen molar-refractivity contribution in [2.24, 2.45) is 11.3 Å². The molecule has 0 aromatic heterocycles. The Hall–Kier alpha value is -0.830. The number of hydrogen-bond acceptors (Lipinski definition) is 3. The Bertz CT molecular complexity index is 230. The zero-order valence-electron chi connectivity index (χ0n) is 8.17. The van der Waals surface area contributed by atoms with Crippen molar-refractivity contribution in [1.82, 2.24) is 0 Å². The first-order valence-corrected chi connectivity index (χ1v) is 4.52. The fourth-order valence-electron chi connectivity index (χ4n) is 1.59. The average Bonchev–Trinajstić information content (AvgIpc) is 2.21. The van der Waals surface area contributed by atoms with Crippen LogP contribution in [0.15, 0.2) is 12.3 Å². The predicted octanol–water partition coefficient (Wildman–Crippen LogP) is 1.47. The van der Waals surface area contributed by atoms with Gasteiger partial charge in [0.15, 0.2) is 0 Å². The summed E-state index contributed by atoms with van der Waals surface area (Å²) in [7, 11) is 0. The van der Waals surface area contributed by atoms with E-state index < -0.39 is 0 Å². The summed E-state index contributed by atoms with van der Waals surface area (Å²) in [6, 6.07) is 0. The van der Waals surface area contributed by atoms with Gasteiger partial charge in [-0.1, -0.05) is 20.4 Å². The van der Waals surface area contributed by atoms with Crippen LogP contribution >= 0.6 is 0 Å². The molecular formula is C10H16O3. The fourth-order valence-corrected chi connectivity index (χ4v) is 1.59. The van der Waals surface area contributed by atoms with Crippen molar-refractivity contribution in [3.63, 3.8) is 0 Å². The molecule has 0 aliphatic carbocycles. The third-order valence-corrected chi connectivity index (χ3v) is 2.75. The summed E-state index contributed by atoms with van der Waals surface area (Å²) in [5.41, 5.74) is -0.285. The quantitative estimate of drug-likeness (QED) is 0.676. The van der Waals surface area contributed by atoms with Crippen molar-refractivity contribution >= 4 is 5.97 Å². The highest BCUT2D eigenvalue weighted by Crippen LogP contribution is 2.44. The highest BCUT2D eigenvalue weighted by molar-refractivity contribution is 5.78. The molecule has 1 atom stereocenters. The Morgan fingerprint density at radius 2 is 2.23 bits per heavy atom. The molecule has 3 nitrogen and oxygen atoms in total. The molecule has 1 fully saturated rings. The molecule has 0 aromatic carbocycles. The highest BCUT2D eigenvalue weighted by Gasteiger charge is 2.46. The van der Waals surface area contributed by atoms with Gasteiger partial charge in [-0.05, 0) is 12.8 Å². The molecule has 0 radical (unpaired) electrons. The number of rotatable bonds is 3. The molecule has 0 amide bonds. The van der Waals surface area contributed by atoms with E-state index in [0.717, 1.165) is 0 Å². The number of aliphatic hydroxyl groups excluding tert-OH is 1. The van der Waals surface area contributed by atoms with Crippen LogP contribution in [0.2, 0.25) is 0 Å². The van der Waals surface area contributed by atoms with Gasteiger partial charge < -0.3 is 9.84 Å². The van der Waals surface area contributed by atoms with E-state index in [1.165, 1.54) is 0 Å². The van der Waals surface area contributed by atoms with Gasteiger partial charge in [-0.2, -0.15) is 0 Å².